The fourth-order valence-corrected chi connectivity index (χ4v) is 3.91. The fraction of sp³-hybridized carbons (Fsp3) is 0.0870. The van der Waals surface area contributed by atoms with Crippen LogP contribution in [0.3, 0.4) is 0 Å². The number of H-pyrrole nitrogens is 1. The predicted octanol–water partition coefficient (Wildman–Crippen LogP) is 4.68. The van der Waals surface area contributed by atoms with E-state index in [-0.39, 0.29) is 0 Å². The van der Waals surface area contributed by atoms with Crippen LogP contribution < -0.4 is 20.7 Å². The quantitative estimate of drug-likeness (QED) is 0.348. The first kappa shape index (κ1) is 22.0. The molecule has 0 spiro atoms. The molecule has 0 radical (unpaired) electrons. The lowest BCUT2D eigenvalue weighted by atomic mass is 10.2. The number of hydrogen-bond donors (Lipinski definition) is 1. The Labute approximate surface area is 199 Å². The molecule has 32 heavy (non-hydrogen) atoms. The molecule has 0 amide bonds. The molecule has 9 heteroatoms. The zero-order valence-corrected chi connectivity index (χ0v) is 20.0. The average Bonchev–Trinajstić information content (AvgIpc) is 2.79. The summed E-state index contributed by atoms with van der Waals surface area (Å²) in [5, 5.41) is 4.46. The Morgan fingerprint density at radius 1 is 1.06 bits per heavy atom. The van der Waals surface area contributed by atoms with Crippen LogP contribution in [0, 0.1) is 0 Å². The van der Waals surface area contributed by atoms with Crippen LogP contribution in [0.15, 0.2) is 84.3 Å². The zero-order chi connectivity index (χ0) is 22.7. The summed E-state index contributed by atoms with van der Waals surface area (Å²) in [4.78, 5) is 27.6. The molecule has 0 saturated heterocycles. The number of hydrogen-bond acceptors (Lipinski definition) is 5. The van der Waals surface area contributed by atoms with Gasteiger partial charge in [-0.05, 0) is 63.5 Å². The lowest BCUT2D eigenvalue weighted by Crippen LogP contribution is -2.32. The number of halogens is 2. The van der Waals surface area contributed by atoms with Crippen molar-refractivity contribution in [1.82, 2.24) is 9.66 Å². The summed E-state index contributed by atoms with van der Waals surface area (Å²) < 4.78 is 13.9. The summed E-state index contributed by atoms with van der Waals surface area (Å²) in [6.07, 6.45) is 1.41. The molecule has 3 aromatic carbocycles. The van der Waals surface area contributed by atoms with Crippen LogP contribution in [0.5, 0.6) is 11.5 Å². The van der Waals surface area contributed by atoms with Crippen molar-refractivity contribution < 1.29 is 9.47 Å². The Bertz CT molecular complexity index is 1430. The topological polar surface area (TPSA) is 85.7 Å². The van der Waals surface area contributed by atoms with Gasteiger partial charge >= 0.3 is 5.69 Å². The van der Waals surface area contributed by atoms with E-state index in [9.17, 15) is 9.59 Å². The van der Waals surface area contributed by atoms with Crippen LogP contribution >= 0.6 is 31.9 Å². The Morgan fingerprint density at radius 3 is 2.56 bits per heavy atom. The predicted molar refractivity (Wildman–Crippen MR) is 131 cm³/mol. The van der Waals surface area contributed by atoms with E-state index in [1.54, 1.807) is 36.4 Å². The van der Waals surface area contributed by atoms with Gasteiger partial charge < -0.3 is 14.5 Å². The maximum Gasteiger partial charge on any atom is 0.349 e. The summed E-state index contributed by atoms with van der Waals surface area (Å²) >= 11 is 6.91. The Hall–Kier alpha value is -3.17. The molecule has 0 aliphatic rings. The van der Waals surface area contributed by atoms with Crippen LogP contribution in [-0.4, -0.2) is 23.0 Å². The summed E-state index contributed by atoms with van der Waals surface area (Å²) in [5.41, 5.74) is 0.962. The lowest BCUT2D eigenvalue weighted by Gasteiger charge is -2.13. The van der Waals surface area contributed by atoms with Gasteiger partial charge in [-0.15, -0.1) is 4.68 Å². The van der Waals surface area contributed by atoms with E-state index >= 15 is 0 Å². The van der Waals surface area contributed by atoms with Crippen molar-refractivity contribution in [1.29, 1.82) is 0 Å². The van der Waals surface area contributed by atoms with E-state index in [0.29, 0.717) is 39.0 Å². The Kier molecular flexibility index (Phi) is 6.57. The molecule has 0 fully saturated rings. The molecule has 162 valence electrons. The number of nitrogens with one attached hydrogen (secondary N) is 1. The molecule has 0 bridgehead atoms. The van der Waals surface area contributed by atoms with Gasteiger partial charge in [0.15, 0.2) is 11.5 Å². The third-order valence-electron chi connectivity index (χ3n) is 4.65. The largest absolute Gasteiger partial charge is 0.493 e. The van der Waals surface area contributed by atoms with Gasteiger partial charge in [-0.1, -0.05) is 40.2 Å². The summed E-state index contributed by atoms with van der Waals surface area (Å²) in [7, 11) is 1.54. The number of benzene rings is 3. The summed E-state index contributed by atoms with van der Waals surface area (Å²) in [5.74, 6) is 1.02. The van der Waals surface area contributed by atoms with Gasteiger partial charge in [0, 0.05) is 4.47 Å². The smallest absolute Gasteiger partial charge is 0.349 e. The average molecular weight is 559 g/mol. The van der Waals surface area contributed by atoms with Crippen LogP contribution in [0.1, 0.15) is 11.1 Å². The van der Waals surface area contributed by atoms with Crippen LogP contribution in [0.2, 0.25) is 0 Å². The highest BCUT2D eigenvalue weighted by Gasteiger charge is 2.12. The summed E-state index contributed by atoms with van der Waals surface area (Å²) in [6, 6.07) is 18.1. The van der Waals surface area contributed by atoms with Crippen molar-refractivity contribution in [2.75, 3.05) is 7.11 Å². The highest BCUT2D eigenvalue weighted by atomic mass is 79.9. The second kappa shape index (κ2) is 9.54. The van der Waals surface area contributed by atoms with Crippen molar-refractivity contribution in [3.05, 3.63) is 102 Å². The molecule has 1 N–H and O–H groups in total. The molecule has 1 aromatic heterocycles. The molecular weight excluding hydrogens is 542 g/mol. The second-order valence-corrected chi connectivity index (χ2v) is 8.56. The number of methoxy groups -OCH3 is 1. The Balaban J connectivity index is 1.62. The van der Waals surface area contributed by atoms with Gasteiger partial charge in [0.05, 0.1) is 28.7 Å². The molecule has 0 unspecified atom stereocenters. The molecular formula is C23H17Br2N3O4. The molecule has 4 rings (SSSR count). The van der Waals surface area contributed by atoms with Crippen LogP contribution in [0.25, 0.3) is 10.9 Å². The maximum atomic E-state index is 12.6. The van der Waals surface area contributed by atoms with Crippen molar-refractivity contribution in [2.24, 2.45) is 5.10 Å². The number of aromatic amines is 1. The third kappa shape index (κ3) is 4.68. The highest BCUT2D eigenvalue weighted by molar-refractivity contribution is 9.10. The molecule has 4 aromatic rings. The van der Waals surface area contributed by atoms with Crippen molar-refractivity contribution in [3.8, 4) is 11.5 Å². The number of nitrogens with zero attached hydrogens (tertiary/aromatic N) is 2. The monoisotopic (exact) mass is 557 g/mol. The molecule has 0 saturated carbocycles. The van der Waals surface area contributed by atoms with E-state index in [0.717, 1.165) is 14.7 Å². The minimum atomic E-state index is -0.620. The van der Waals surface area contributed by atoms with Crippen molar-refractivity contribution >= 4 is 49.0 Å². The number of fused-ring (bicyclic) bond motifs is 1. The van der Waals surface area contributed by atoms with Crippen molar-refractivity contribution in [3.63, 3.8) is 0 Å². The second-order valence-electron chi connectivity index (χ2n) is 6.79. The van der Waals surface area contributed by atoms with Gasteiger partial charge in [-0.3, -0.25) is 4.79 Å². The first-order valence-corrected chi connectivity index (χ1v) is 11.1. The number of para-hydroxylation sites is 1. The van der Waals surface area contributed by atoms with Gasteiger partial charge in [0.25, 0.3) is 5.56 Å². The van der Waals surface area contributed by atoms with Crippen LogP contribution in [0.4, 0.5) is 0 Å². The Morgan fingerprint density at radius 2 is 1.81 bits per heavy atom. The minimum absolute atomic E-state index is 0.359. The normalized spacial score (nSPS) is 11.2. The van der Waals surface area contributed by atoms with Crippen molar-refractivity contribution in [2.45, 2.75) is 6.61 Å². The molecule has 0 aliphatic carbocycles. The van der Waals surface area contributed by atoms with Gasteiger partial charge in [0.2, 0.25) is 0 Å². The number of ether oxygens (including phenoxy) is 2. The van der Waals surface area contributed by atoms with E-state index < -0.39 is 11.2 Å². The number of aromatic nitrogens is 2. The molecule has 7 nitrogen and oxygen atoms in total. The minimum Gasteiger partial charge on any atom is -0.493 e. The van der Waals surface area contributed by atoms with E-state index in [2.05, 4.69) is 41.9 Å². The molecule has 0 aliphatic heterocycles. The summed E-state index contributed by atoms with van der Waals surface area (Å²) in [6.45, 7) is 0.359. The maximum absolute atomic E-state index is 12.6. The van der Waals surface area contributed by atoms with Gasteiger partial charge in [0.1, 0.15) is 6.61 Å². The first-order chi connectivity index (χ1) is 15.5. The lowest BCUT2D eigenvalue weighted by molar-refractivity contribution is 0.282. The first-order valence-electron chi connectivity index (χ1n) is 9.49. The standard InChI is InChI=1S/C23H17Br2N3O4/c1-31-20-11-15(10-18(25)21(20)32-13-14-6-8-16(24)9-7-14)12-26-28-22(29)17-4-2-3-5-19(17)27-23(28)30/h2-12H,13H2,1H3,(H,27,30). The molecule has 1 heterocycles. The molecule has 0 atom stereocenters. The fourth-order valence-electron chi connectivity index (χ4n) is 3.07. The zero-order valence-electron chi connectivity index (χ0n) is 16.8. The van der Waals surface area contributed by atoms with E-state index in [4.69, 9.17) is 9.47 Å². The number of rotatable bonds is 6. The van der Waals surface area contributed by atoms with E-state index in [1.165, 1.54) is 13.3 Å². The SMILES string of the molecule is COc1cc(C=Nn2c(=O)[nH]c3ccccc3c2=O)cc(Br)c1OCc1ccc(Br)cc1. The highest BCUT2D eigenvalue weighted by Crippen LogP contribution is 2.37. The van der Waals surface area contributed by atoms with Crippen LogP contribution in [-0.2, 0) is 6.61 Å². The van der Waals surface area contributed by atoms with E-state index in [1.807, 2.05) is 24.3 Å². The van der Waals surface area contributed by atoms with Gasteiger partial charge in [-0.2, -0.15) is 5.10 Å². The third-order valence-corrected chi connectivity index (χ3v) is 5.77. The van der Waals surface area contributed by atoms with Gasteiger partial charge in [-0.25, -0.2) is 4.79 Å².